The SMILES string of the molecule is CC(CC(C)(C)C)CC(C)(O)C(F)(F)F. The Labute approximate surface area is 89.7 Å². The molecule has 4 heteroatoms. The van der Waals surface area contributed by atoms with E-state index in [2.05, 4.69) is 0 Å². The minimum Gasteiger partial charge on any atom is -0.381 e. The Morgan fingerprint density at radius 1 is 1.00 bits per heavy atom. The van der Waals surface area contributed by atoms with Crippen LogP contribution in [0.3, 0.4) is 0 Å². The normalized spacial score (nSPS) is 19.8. The standard InChI is InChI=1S/C11H21F3O/c1-8(6-9(2,3)4)7-10(5,15)11(12,13)14/h8,15H,6-7H2,1-5H3. The molecule has 0 spiro atoms. The van der Waals surface area contributed by atoms with Gasteiger partial charge in [0.05, 0.1) is 0 Å². The molecule has 15 heavy (non-hydrogen) atoms. The maximum absolute atomic E-state index is 12.4. The van der Waals surface area contributed by atoms with Crippen molar-refractivity contribution in [3.8, 4) is 0 Å². The summed E-state index contributed by atoms with van der Waals surface area (Å²) in [6.45, 7) is 8.51. The van der Waals surface area contributed by atoms with Gasteiger partial charge in [0.25, 0.3) is 0 Å². The highest BCUT2D eigenvalue weighted by Gasteiger charge is 2.50. The monoisotopic (exact) mass is 226 g/mol. The van der Waals surface area contributed by atoms with E-state index in [9.17, 15) is 18.3 Å². The van der Waals surface area contributed by atoms with Crippen LogP contribution in [-0.2, 0) is 0 Å². The summed E-state index contributed by atoms with van der Waals surface area (Å²) in [5.41, 5.74) is -2.58. The summed E-state index contributed by atoms with van der Waals surface area (Å²) in [7, 11) is 0. The Balaban J connectivity index is 4.36. The molecule has 1 nitrogen and oxygen atoms in total. The van der Waals surface area contributed by atoms with Gasteiger partial charge < -0.3 is 5.11 Å². The fourth-order valence-electron chi connectivity index (χ4n) is 1.91. The molecular formula is C11H21F3O. The maximum atomic E-state index is 12.4. The minimum absolute atomic E-state index is 0.0128. The van der Waals surface area contributed by atoms with Crippen molar-refractivity contribution in [2.24, 2.45) is 11.3 Å². The van der Waals surface area contributed by atoms with Crippen LogP contribution in [0.1, 0.15) is 47.5 Å². The van der Waals surface area contributed by atoms with Crippen molar-refractivity contribution in [2.75, 3.05) is 0 Å². The zero-order valence-corrected chi connectivity index (χ0v) is 10.1. The maximum Gasteiger partial charge on any atom is 0.416 e. The zero-order chi connectivity index (χ0) is 12.5. The molecule has 0 bridgehead atoms. The number of hydrogen-bond acceptors (Lipinski definition) is 1. The van der Waals surface area contributed by atoms with Crippen molar-refractivity contribution in [2.45, 2.75) is 59.2 Å². The third-order valence-corrected chi connectivity index (χ3v) is 2.32. The first-order valence-electron chi connectivity index (χ1n) is 5.14. The average Bonchev–Trinajstić information content (AvgIpc) is 1.75. The molecule has 0 amide bonds. The smallest absolute Gasteiger partial charge is 0.381 e. The molecule has 2 atom stereocenters. The Hall–Kier alpha value is -0.250. The van der Waals surface area contributed by atoms with E-state index in [0.29, 0.717) is 6.42 Å². The number of aliphatic hydroxyl groups is 1. The molecule has 92 valence electrons. The molecule has 0 aromatic rings. The van der Waals surface area contributed by atoms with Crippen LogP contribution >= 0.6 is 0 Å². The van der Waals surface area contributed by atoms with Gasteiger partial charge >= 0.3 is 6.18 Å². The molecule has 0 saturated heterocycles. The highest BCUT2D eigenvalue weighted by molar-refractivity contribution is 4.84. The molecule has 0 aliphatic heterocycles. The summed E-state index contributed by atoms with van der Waals surface area (Å²) in [5, 5.41) is 9.29. The second-order valence-electron chi connectivity index (χ2n) is 5.85. The fourth-order valence-corrected chi connectivity index (χ4v) is 1.91. The molecule has 0 rings (SSSR count). The van der Waals surface area contributed by atoms with Crippen LogP contribution in [0.4, 0.5) is 13.2 Å². The number of alkyl halides is 3. The largest absolute Gasteiger partial charge is 0.416 e. The molecule has 0 aliphatic carbocycles. The fraction of sp³-hybridized carbons (Fsp3) is 1.00. The lowest BCUT2D eigenvalue weighted by Crippen LogP contribution is -2.43. The lowest BCUT2D eigenvalue weighted by Gasteiger charge is -2.31. The van der Waals surface area contributed by atoms with E-state index >= 15 is 0 Å². The Morgan fingerprint density at radius 2 is 1.40 bits per heavy atom. The van der Waals surface area contributed by atoms with Gasteiger partial charge in [-0.1, -0.05) is 27.7 Å². The van der Waals surface area contributed by atoms with Gasteiger partial charge in [-0.2, -0.15) is 13.2 Å². The van der Waals surface area contributed by atoms with Crippen LogP contribution in [0.5, 0.6) is 0 Å². The van der Waals surface area contributed by atoms with Gasteiger partial charge in [0.2, 0.25) is 0 Å². The molecule has 0 heterocycles. The first-order valence-corrected chi connectivity index (χ1v) is 5.14. The predicted molar refractivity (Wildman–Crippen MR) is 54.5 cm³/mol. The topological polar surface area (TPSA) is 20.2 Å². The molecule has 0 fully saturated rings. The van der Waals surface area contributed by atoms with Crippen LogP contribution in [0.25, 0.3) is 0 Å². The van der Waals surface area contributed by atoms with Crippen molar-refractivity contribution < 1.29 is 18.3 Å². The third-order valence-electron chi connectivity index (χ3n) is 2.32. The van der Waals surface area contributed by atoms with Crippen molar-refractivity contribution in [3.05, 3.63) is 0 Å². The highest BCUT2D eigenvalue weighted by atomic mass is 19.4. The van der Waals surface area contributed by atoms with E-state index in [4.69, 9.17) is 0 Å². The number of hydrogen-bond donors (Lipinski definition) is 1. The van der Waals surface area contributed by atoms with Gasteiger partial charge in [0, 0.05) is 0 Å². The molecule has 0 radical (unpaired) electrons. The first kappa shape index (κ1) is 14.8. The van der Waals surface area contributed by atoms with E-state index in [1.807, 2.05) is 20.8 Å². The lowest BCUT2D eigenvalue weighted by molar-refractivity contribution is -0.258. The molecule has 0 aromatic carbocycles. The van der Waals surface area contributed by atoms with Crippen molar-refractivity contribution >= 4 is 0 Å². The predicted octanol–water partition coefficient (Wildman–Crippen LogP) is 3.76. The van der Waals surface area contributed by atoms with Crippen LogP contribution < -0.4 is 0 Å². The van der Waals surface area contributed by atoms with Crippen molar-refractivity contribution in [1.29, 1.82) is 0 Å². The molecule has 0 aromatic heterocycles. The van der Waals surface area contributed by atoms with Gasteiger partial charge in [-0.05, 0) is 31.1 Å². The third kappa shape index (κ3) is 5.40. The zero-order valence-electron chi connectivity index (χ0n) is 10.1. The van der Waals surface area contributed by atoms with Crippen LogP contribution in [0.15, 0.2) is 0 Å². The number of halogens is 3. The van der Waals surface area contributed by atoms with Gasteiger partial charge in [-0.15, -0.1) is 0 Å². The summed E-state index contributed by atoms with van der Waals surface area (Å²) >= 11 is 0. The van der Waals surface area contributed by atoms with E-state index < -0.39 is 11.8 Å². The Kier molecular flexibility index (Phi) is 4.25. The van der Waals surface area contributed by atoms with Crippen LogP contribution in [0.2, 0.25) is 0 Å². The van der Waals surface area contributed by atoms with E-state index in [1.165, 1.54) is 0 Å². The quantitative estimate of drug-likeness (QED) is 0.776. The lowest BCUT2D eigenvalue weighted by atomic mass is 9.80. The highest BCUT2D eigenvalue weighted by Crippen LogP contribution is 2.37. The molecular weight excluding hydrogens is 205 g/mol. The van der Waals surface area contributed by atoms with Crippen LogP contribution in [0, 0.1) is 11.3 Å². The van der Waals surface area contributed by atoms with Gasteiger partial charge in [0.1, 0.15) is 0 Å². The number of rotatable bonds is 3. The second-order valence-corrected chi connectivity index (χ2v) is 5.85. The summed E-state index contributed by atoms with van der Waals surface area (Å²) in [4.78, 5) is 0. The molecule has 0 saturated carbocycles. The van der Waals surface area contributed by atoms with Crippen molar-refractivity contribution in [3.63, 3.8) is 0 Å². The molecule has 2 unspecified atom stereocenters. The summed E-state index contributed by atoms with van der Waals surface area (Å²) < 4.78 is 37.1. The van der Waals surface area contributed by atoms with Gasteiger partial charge in [0.15, 0.2) is 5.60 Å². The summed E-state index contributed by atoms with van der Waals surface area (Å²) in [6.07, 6.45) is -4.12. The minimum atomic E-state index is -4.54. The Morgan fingerprint density at radius 3 is 1.67 bits per heavy atom. The molecule has 1 N–H and O–H groups in total. The van der Waals surface area contributed by atoms with Gasteiger partial charge in [-0.3, -0.25) is 0 Å². The van der Waals surface area contributed by atoms with E-state index in [1.54, 1.807) is 6.92 Å². The van der Waals surface area contributed by atoms with Gasteiger partial charge in [-0.25, -0.2) is 0 Å². The van der Waals surface area contributed by atoms with E-state index in [0.717, 1.165) is 6.92 Å². The Bertz CT molecular complexity index is 201. The molecule has 0 aliphatic rings. The summed E-state index contributed by atoms with van der Waals surface area (Å²) in [5.74, 6) is -0.151. The summed E-state index contributed by atoms with van der Waals surface area (Å²) in [6, 6.07) is 0. The van der Waals surface area contributed by atoms with Crippen molar-refractivity contribution in [1.82, 2.24) is 0 Å². The first-order chi connectivity index (χ1) is 6.35. The van der Waals surface area contributed by atoms with Crippen LogP contribution in [-0.4, -0.2) is 16.9 Å². The van der Waals surface area contributed by atoms with E-state index in [-0.39, 0.29) is 17.8 Å². The second kappa shape index (κ2) is 4.32. The average molecular weight is 226 g/mol.